The monoisotopic (exact) mass is 335 g/mol. The van der Waals surface area contributed by atoms with Gasteiger partial charge in [-0.05, 0) is 19.9 Å². The largest absolute Gasteiger partial charge is 0.353 e. The first-order valence-corrected chi connectivity index (χ1v) is 8.27. The van der Waals surface area contributed by atoms with Crippen LogP contribution in [-0.2, 0) is 4.79 Å². The van der Waals surface area contributed by atoms with Gasteiger partial charge in [0, 0.05) is 45.5 Å². The number of aromatic nitrogens is 1. The van der Waals surface area contributed by atoms with Crippen molar-refractivity contribution in [2.75, 3.05) is 50.7 Å². The number of nitrogens with zero attached hydrogens (tertiary/aromatic N) is 5. The number of rotatable bonds is 5. The van der Waals surface area contributed by atoms with Gasteiger partial charge in [-0.2, -0.15) is 5.26 Å². The molecule has 0 aromatic carbocycles. The zero-order valence-electron chi connectivity index (χ0n) is 13.6. The van der Waals surface area contributed by atoms with Crippen molar-refractivity contribution in [3.8, 4) is 6.07 Å². The Morgan fingerprint density at radius 1 is 1.35 bits per heavy atom. The summed E-state index contributed by atoms with van der Waals surface area (Å²) in [6, 6.07) is 3.67. The van der Waals surface area contributed by atoms with Crippen molar-refractivity contribution in [2.24, 2.45) is 0 Å². The van der Waals surface area contributed by atoms with E-state index in [0.29, 0.717) is 22.9 Å². The number of carbonyl (C=O) groups excluding carboxylic acids is 1. The maximum Gasteiger partial charge on any atom is 0.236 e. The van der Waals surface area contributed by atoms with E-state index < -0.39 is 0 Å². The number of likely N-dealkylation sites (N-methyl/N-ethyl adjacent to an activating group) is 1. The summed E-state index contributed by atoms with van der Waals surface area (Å²) in [7, 11) is 0. The molecule has 1 aromatic rings. The van der Waals surface area contributed by atoms with Gasteiger partial charge >= 0.3 is 0 Å². The molecule has 0 N–H and O–H groups in total. The van der Waals surface area contributed by atoms with Gasteiger partial charge in [0.15, 0.2) is 0 Å². The van der Waals surface area contributed by atoms with Gasteiger partial charge in [-0.25, -0.2) is 4.98 Å². The van der Waals surface area contributed by atoms with Crippen molar-refractivity contribution in [1.82, 2.24) is 14.8 Å². The third-order valence-electron chi connectivity index (χ3n) is 4.10. The lowest BCUT2D eigenvalue weighted by Crippen LogP contribution is -2.50. The first-order valence-electron chi connectivity index (χ1n) is 7.89. The molecule has 1 aliphatic rings. The number of piperazine rings is 1. The molecule has 0 bridgehead atoms. The molecule has 0 spiro atoms. The first-order chi connectivity index (χ1) is 11.1. The average Bonchev–Trinajstić information content (AvgIpc) is 2.56. The van der Waals surface area contributed by atoms with Crippen molar-refractivity contribution in [3.63, 3.8) is 0 Å². The molecular formula is C16H22ClN5O. The van der Waals surface area contributed by atoms with E-state index in [1.54, 1.807) is 6.07 Å². The van der Waals surface area contributed by atoms with E-state index in [4.69, 9.17) is 16.9 Å². The van der Waals surface area contributed by atoms with Gasteiger partial charge in [0.05, 0.1) is 17.1 Å². The second kappa shape index (κ2) is 8.14. The second-order valence-electron chi connectivity index (χ2n) is 5.47. The fourth-order valence-electron chi connectivity index (χ4n) is 2.71. The van der Waals surface area contributed by atoms with Crippen LogP contribution in [0.2, 0.25) is 5.02 Å². The van der Waals surface area contributed by atoms with E-state index in [0.717, 1.165) is 39.3 Å². The minimum absolute atomic E-state index is 0.179. The number of halogens is 1. The van der Waals surface area contributed by atoms with Crippen molar-refractivity contribution in [3.05, 3.63) is 22.8 Å². The zero-order chi connectivity index (χ0) is 16.8. The Labute approximate surface area is 142 Å². The maximum absolute atomic E-state index is 12.2. The topological polar surface area (TPSA) is 63.5 Å². The summed E-state index contributed by atoms with van der Waals surface area (Å²) < 4.78 is 0. The molecule has 2 rings (SSSR count). The fourth-order valence-corrected chi connectivity index (χ4v) is 3.00. The third kappa shape index (κ3) is 4.34. The molecule has 1 fully saturated rings. The number of carbonyl (C=O) groups is 1. The maximum atomic E-state index is 12.2. The van der Waals surface area contributed by atoms with Crippen molar-refractivity contribution in [2.45, 2.75) is 13.8 Å². The number of nitriles is 1. The predicted octanol–water partition coefficient (Wildman–Crippen LogP) is 1.60. The normalized spacial score (nSPS) is 15.3. The van der Waals surface area contributed by atoms with E-state index in [-0.39, 0.29) is 5.91 Å². The fraction of sp³-hybridized carbons (Fsp3) is 0.562. The summed E-state index contributed by atoms with van der Waals surface area (Å²) in [5.74, 6) is 0.887. The Bertz CT molecular complexity index is 589. The minimum Gasteiger partial charge on any atom is -0.353 e. The van der Waals surface area contributed by atoms with Crippen LogP contribution in [0.3, 0.4) is 0 Å². The lowest BCUT2D eigenvalue weighted by molar-refractivity contribution is -0.132. The molecule has 1 aliphatic heterocycles. The van der Waals surface area contributed by atoms with E-state index in [1.165, 1.54) is 6.20 Å². The molecule has 6 nitrogen and oxygen atoms in total. The Kier molecular flexibility index (Phi) is 6.20. The number of anilines is 1. The Morgan fingerprint density at radius 3 is 2.52 bits per heavy atom. The smallest absolute Gasteiger partial charge is 0.236 e. The van der Waals surface area contributed by atoms with Crippen LogP contribution in [0.5, 0.6) is 0 Å². The van der Waals surface area contributed by atoms with Crippen LogP contribution in [0, 0.1) is 11.3 Å². The third-order valence-corrected chi connectivity index (χ3v) is 4.38. The number of hydrogen-bond acceptors (Lipinski definition) is 5. The van der Waals surface area contributed by atoms with Gasteiger partial charge < -0.3 is 9.80 Å². The Hall–Kier alpha value is -1.84. The van der Waals surface area contributed by atoms with Crippen LogP contribution in [0.25, 0.3) is 0 Å². The average molecular weight is 336 g/mol. The van der Waals surface area contributed by atoms with Gasteiger partial charge in [-0.3, -0.25) is 9.69 Å². The van der Waals surface area contributed by atoms with Crippen LogP contribution >= 0.6 is 11.6 Å². The first kappa shape index (κ1) is 17.5. The van der Waals surface area contributed by atoms with Crippen LogP contribution < -0.4 is 4.90 Å². The molecule has 1 aromatic heterocycles. The van der Waals surface area contributed by atoms with E-state index >= 15 is 0 Å². The Balaban J connectivity index is 1.91. The molecule has 0 unspecified atom stereocenters. The quantitative estimate of drug-likeness (QED) is 0.817. The molecule has 0 saturated carbocycles. The number of hydrogen-bond donors (Lipinski definition) is 0. The van der Waals surface area contributed by atoms with Crippen molar-refractivity contribution in [1.29, 1.82) is 5.26 Å². The van der Waals surface area contributed by atoms with Crippen LogP contribution in [-0.4, -0.2) is 66.5 Å². The van der Waals surface area contributed by atoms with Crippen LogP contribution in [0.4, 0.5) is 5.82 Å². The molecule has 23 heavy (non-hydrogen) atoms. The van der Waals surface area contributed by atoms with Crippen LogP contribution in [0.1, 0.15) is 19.4 Å². The molecule has 124 valence electrons. The summed E-state index contributed by atoms with van der Waals surface area (Å²) in [6.07, 6.45) is 1.54. The Morgan fingerprint density at radius 2 is 2.00 bits per heavy atom. The van der Waals surface area contributed by atoms with E-state index in [1.807, 2.05) is 24.8 Å². The lowest BCUT2D eigenvalue weighted by Gasteiger charge is -2.36. The number of amides is 1. The predicted molar refractivity (Wildman–Crippen MR) is 90.5 cm³/mol. The molecule has 0 atom stereocenters. The van der Waals surface area contributed by atoms with Gasteiger partial charge in [0.1, 0.15) is 11.9 Å². The standard InChI is InChI=1S/C16H22ClN5O/c1-3-21(4-2)15(23)12-20-5-7-22(8-6-20)16-14(17)9-13(10-18)11-19-16/h9,11H,3-8,12H2,1-2H3. The number of pyridine rings is 1. The molecule has 1 saturated heterocycles. The summed E-state index contributed by atoms with van der Waals surface area (Å²) in [5, 5.41) is 9.36. The molecule has 7 heteroatoms. The summed E-state index contributed by atoms with van der Waals surface area (Å²) >= 11 is 6.21. The molecular weight excluding hydrogens is 314 g/mol. The second-order valence-corrected chi connectivity index (χ2v) is 5.88. The van der Waals surface area contributed by atoms with Crippen molar-refractivity contribution < 1.29 is 4.79 Å². The highest BCUT2D eigenvalue weighted by atomic mass is 35.5. The molecule has 2 heterocycles. The van der Waals surface area contributed by atoms with Gasteiger partial charge in [-0.1, -0.05) is 11.6 Å². The highest BCUT2D eigenvalue weighted by molar-refractivity contribution is 6.33. The van der Waals surface area contributed by atoms with Gasteiger partial charge in [0.2, 0.25) is 5.91 Å². The van der Waals surface area contributed by atoms with Gasteiger partial charge in [0.25, 0.3) is 0 Å². The zero-order valence-corrected chi connectivity index (χ0v) is 14.4. The minimum atomic E-state index is 0.179. The highest BCUT2D eigenvalue weighted by Gasteiger charge is 2.22. The SMILES string of the molecule is CCN(CC)C(=O)CN1CCN(c2ncc(C#N)cc2Cl)CC1. The summed E-state index contributed by atoms with van der Waals surface area (Å²) in [4.78, 5) is 22.6. The van der Waals surface area contributed by atoms with E-state index in [9.17, 15) is 4.79 Å². The lowest BCUT2D eigenvalue weighted by atomic mass is 10.2. The summed E-state index contributed by atoms with van der Waals surface area (Å²) in [6.45, 7) is 9.09. The molecule has 0 aliphatic carbocycles. The van der Waals surface area contributed by atoms with Crippen LogP contribution in [0.15, 0.2) is 12.3 Å². The summed E-state index contributed by atoms with van der Waals surface area (Å²) in [5.41, 5.74) is 0.460. The van der Waals surface area contributed by atoms with E-state index in [2.05, 4.69) is 14.8 Å². The molecule has 0 radical (unpaired) electrons. The van der Waals surface area contributed by atoms with Crippen molar-refractivity contribution >= 4 is 23.3 Å². The van der Waals surface area contributed by atoms with Gasteiger partial charge in [-0.15, -0.1) is 0 Å². The molecule has 1 amide bonds. The highest BCUT2D eigenvalue weighted by Crippen LogP contribution is 2.24.